The Morgan fingerprint density at radius 3 is 2.72 bits per heavy atom. The minimum atomic E-state index is 0.950. The molecule has 2 heterocycles. The Morgan fingerprint density at radius 1 is 1.06 bits per heavy atom. The maximum absolute atomic E-state index is 4.50. The van der Waals surface area contributed by atoms with Gasteiger partial charge in [0, 0.05) is 19.3 Å². The van der Waals surface area contributed by atoms with Crippen molar-refractivity contribution in [3.8, 4) is 0 Å². The first-order chi connectivity index (χ1) is 8.84. The van der Waals surface area contributed by atoms with Crippen molar-refractivity contribution in [2.45, 2.75) is 19.4 Å². The summed E-state index contributed by atoms with van der Waals surface area (Å²) in [5, 5.41) is 0. The van der Waals surface area contributed by atoms with Crippen molar-refractivity contribution in [2.75, 3.05) is 11.4 Å². The van der Waals surface area contributed by atoms with Crippen molar-refractivity contribution in [2.24, 2.45) is 0 Å². The molecular formula is C15H15BrN2. The molecule has 1 aliphatic heterocycles. The fraction of sp³-hybridized carbons (Fsp3) is 0.267. The van der Waals surface area contributed by atoms with Gasteiger partial charge < -0.3 is 4.90 Å². The van der Waals surface area contributed by atoms with Crippen molar-refractivity contribution in [3.05, 3.63) is 58.2 Å². The van der Waals surface area contributed by atoms with E-state index in [0.29, 0.717) is 0 Å². The SMILES string of the molecule is Brc1cccnc1N1CCCc2ccccc2C1. The van der Waals surface area contributed by atoms with Gasteiger partial charge in [-0.1, -0.05) is 24.3 Å². The van der Waals surface area contributed by atoms with Gasteiger partial charge in [0.15, 0.2) is 0 Å². The third-order valence-electron chi connectivity index (χ3n) is 3.39. The number of rotatable bonds is 1. The second-order valence-electron chi connectivity index (χ2n) is 4.60. The molecule has 0 saturated heterocycles. The van der Waals surface area contributed by atoms with Crippen LogP contribution in [0.4, 0.5) is 5.82 Å². The van der Waals surface area contributed by atoms with Crippen molar-refractivity contribution >= 4 is 21.7 Å². The highest BCUT2D eigenvalue weighted by molar-refractivity contribution is 9.10. The number of nitrogens with zero attached hydrogens (tertiary/aromatic N) is 2. The molecule has 0 N–H and O–H groups in total. The van der Waals surface area contributed by atoms with Crippen molar-refractivity contribution < 1.29 is 0 Å². The Bertz CT molecular complexity index is 554. The summed E-state index contributed by atoms with van der Waals surface area (Å²) >= 11 is 3.59. The quantitative estimate of drug-likeness (QED) is 0.796. The molecule has 0 saturated carbocycles. The van der Waals surface area contributed by atoms with E-state index in [2.05, 4.69) is 56.1 Å². The number of benzene rings is 1. The molecule has 92 valence electrons. The predicted octanol–water partition coefficient (Wildman–Crippen LogP) is 3.80. The van der Waals surface area contributed by atoms with Crippen LogP contribution < -0.4 is 4.90 Å². The van der Waals surface area contributed by atoms with Crippen LogP contribution in [0.1, 0.15) is 17.5 Å². The normalized spacial score (nSPS) is 15.1. The van der Waals surface area contributed by atoms with Crippen LogP contribution in [0.25, 0.3) is 0 Å². The van der Waals surface area contributed by atoms with Gasteiger partial charge in [-0.05, 0) is 52.0 Å². The van der Waals surface area contributed by atoms with Crippen LogP contribution in [0.3, 0.4) is 0 Å². The highest BCUT2D eigenvalue weighted by Gasteiger charge is 2.16. The fourth-order valence-corrected chi connectivity index (χ4v) is 3.00. The first-order valence-corrected chi connectivity index (χ1v) is 7.06. The maximum atomic E-state index is 4.50. The highest BCUT2D eigenvalue weighted by atomic mass is 79.9. The number of halogens is 1. The monoisotopic (exact) mass is 302 g/mol. The summed E-state index contributed by atoms with van der Waals surface area (Å²) in [5.74, 6) is 1.05. The summed E-state index contributed by atoms with van der Waals surface area (Å²) in [5.41, 5.74) is 2.90. The van der Waals surface area contributed by atoms with Crippen molar-refractivity contribution in [1.82, 2.24) is 4.98 Å². The van der Waals surface area contributed by atoms with E-state index in [0.717, 1.165) is 29.8 Å². The van der Waals surface area contributed by atoms with Crippen LogP contribution in [0, 0.1) is 0 Å². The average molecular weight is 303 g/mol. The summed E-state index contributed by atoms with van der Waals surface area (Å²) in [7, 11) is 0. The van der Waals surface area contributed by atoms with Crippen LogP contribution >= 0.6 is 15.9 Å². The van der Waals surface area contributed by atoms with Crippen LogP contribution in [0.5, 0.6) is 0 Å². The van der Waals surface area contributed by atoms with E-state index in [4.69, 9.17) is 0 Å². The average Bonchev–Trinajstić information content (AvgIpc) is 2.61. The van der Waals surface area contributed by atoms with Gasteiger partial charge in [0.1, 0.15) is 5.82 Å². The zero-order valence-corrected chi connectivity index (χ0v) is 11.7. The molecule has 3 heteroatoms. The van der Waals surface area contributed by atoms with Gasteiger partial charge in [-0.3, -0.25) is 0 Å². The van der Waals surface area contributed by atoms with Gasteiger partial charge >= 0.3 is 0 Å². The first kappa shape index (κ1) is 11.7. The smallest absolute Gasteiger partial charge is 0.143 e. The van der Waals surface area contributed by atoms with E-state index in [1.54, 1.807) is 0 Å². The highest BCUT2D eigenvalue weighted by Crippen LogP contribution is 2.27. The lowest BCUT2D eigenvalue weighted by Gasteiger charge is -2.23. The number of aromatic nitrogens is 1. The van der Waals surface area contributed by atoms with Crippen LogP contribution in [-0.2, 0) is 13.0 Å². The van der Waals surface area contributed by atoms with E-state index in [1.807, 2.05) is 12.3 Å². The van der Waals surface area contributed by atoms with Gasteiger partial charge in [0.05, 0.1) is 4.47 Å². The molecule has 0 aliphatic carbocycles. The second kappa shape index (κ2) is 5.11. The number of aryl methyl sites for hydroxylation is 1. The van der Waals surface area contributed by atoms with E-state index in [-0.39, 0.29) is 0 Å². The Kier molecular flexibility index (Phi) is 3.33. The molecule has 0 amide bonds. The number of fused-ring (bicyclic) bond motifs is 1. The molecule has 0 bridgehead atoms. The molecule has 2 aromatic rings. The van der Waals surface area contributed by atoms with Crippen molar-refractivity contribution in [3.63, 3.8) is 0 Å². The molecule has 0 fully saturated rings. The van der Waals surface area contributed by atoms with Crippen LogP contribution in [-0.4, -0.2) is 11.5 Å². The number of hydrogen-bond donors (Lipinski definition) is 0. The number of hydrogen-bond acceptors (Lipinski definition) is 2. The van der Waals surface area contributed by atoms with Crippen LogP contribution in [0.15, 0.2) is 47.1 Å². The maximum Gasteiger partial charge on any atom is 0.143 e. The zero-order chi connectivity index (χ0) is 12.4. The number of anilines is 1. The summed E-state index contributed by atoms with van der Waals surface area (Å²) in [6.45, 7) is 2.01. The topological polar surface area (TPSA) is 16.1 Å². The molecule has 1 aromatic carbocycles. The van der Waals surface area contributed by atoms with Gasteiger partial charge in [0.25, 0.3) is 0 Å². The third kappa shape index (κ3) is 2.27. The summed E-state index contributed by atoms with van der Waals surface area (Å²) in [6, 6.07) is 12.7. The molecule has 18 heavy (non-hydrogen) atoms. The van der Waals surface area contributed by atoms with Gasteiger partial charge in [0.2, 0.25) is 0 Å². The summed E-state index contributed by atoms with van der Waals surface area (Å²) in [4.78, 5) is 6.85. The van der Waals surface area contributed by atoms with E-state index in [1.165, 1.54) is 17.5 Å². The second-order valence-corrected chi connectivity index (χ2v) is 5.46. The van der Waals surface area contributed by atoms with Crippen molar-refractivity contribution in [1.29, 1.82) is 0 Å². The molecule has 0 unspecified atom stereocenters. The number of pyridine rings is 1. The Balaban J connectivity index is 1.94. The van der Waals surface area contributed by atoms with Gasteiger partial charge in [-0.15, -0.1) is 0 Å². The first-order valence-electron chi connectivity index (χ1n) is 6.27. The molecule has 0 radical (unpaired) electrons. The van der Waals surface area contributed by atoms with E-state index in [9.17, 15) is 0 Å². The minimum absolute atomic E-state index is 0.950. The lowest BCUT2D eigenvalue weighted by molar-refractivity contribution is 0.753. The van der Waals surface area contributed by atoms with Gasteiger partial charge in [-0.2, -0.15) is 0 Å². The lowest BCUT2D eigenvalue weighted by atomic mass is 10.0. The third-order valence-corrected chi connectivity index (χ3v) is 4.01. The van der Waals surface area contributed by atoms with E-state index >= 15 is 0 Å². The Labute approximate surface area is 116 Å². The lowest BCUT2D eigenvalue weighted by Crippen LogP contribution is -2.23. The molecule has 0 spiro atoms. The molecule has 1 aliphatic rings. The minimum Gasteiger partial charge on any atom is -0.351 e. The fourth-order valence-electron chi connectivity index (χ4n) is 2.49. The summed E-state index contributed by atoms with van der Waals surface area (Å²) < 4.78 is 1.07. The van der Waals surface area contributed by atoms with Crippen LogP contribution in [0.2, 0.25) is 0 Å². The predicted molar refractivity (Wildman–Crippen MR) is 77.8 cm³/mol. The molecular weight excluding hydrogens is 288 g/mol. The molecule has 0 atom stereocenters. The standard InChI is InChI=1S/C15H15BrN2/c16-14-8-3-9-17-15(14)18-10-4-7-12-5-1-2-6-13(12)11-18/h1-3,5-6,8-9H,4,7,10-11H2. The van der Waals surface area contributed by atoms with E-state index < -0.39 is 0 Å². The summed E-state index contributed by atoms with van der Waals surface area (Å²) in [6.07, 6.45) is 4.20. The Hall–Kier alpha value is -1.35. The van der Waals surface area contributed by atoms with Gasteiger partial charge in [-0.25, -0.2) is 4.98 Å². The molecule has 2 nitrogen and oxygen atoms in total. The largest absolute Gasteiger partial charge is 0.351 e. The molecule has 1 aromatic heterocycles. The zero-order valence-electron chi connectivity index (χ0n) is 10.1. The Morgan fingerprint density at radius 2 is 1.89 bits per heavy atom. The molecule has 3 rings (SSSR count).